The minimum atomic E-state index is -4.81. The molecule has 1 aromatic carbocycles. The number of amides is 1. The van der Waals surface area contributed by atoms with E-state index in [2.05, 4.69) is 10.1 Å². The Labute approximate surface area is 141 Å². The van der Waals surface area contributed by atoms with Gasteiger partial charge >= 0.3 is 12.3 Å². The zero-order chi connectivity index (χ0) is 18.4. The molecule has 1 atom stereocenters. The van der Waals surface area contributed by atoms with Gasteiger partial charge in [0.05, 0.1) is 12.5 Å². The molecule has 1 amide bonds. The molecular weight excluding hydrogens is 343 g/mol. The van der Waals surface area contributed by atoms with Gasteiger partial charge in [-0.1, -0.05) is 12.1 Å². The first-order valence-electron chi connectivity index (χ1n) is 7.70. The number of carboxylic acids is 1. The minimum absolute atomic E-state index is 0.266. The Morgan fingerprint density at radius 2 is 1.84 bits per heavy atom. The van der Waals surface area contributed by atoms with Crippen molar-refractivity contribution in [3.05, 3.63) is 29.8 Å². The molecule has 0 spiro atoms. The van der Waals surface area contributed by atoms with Crippen LogP contribution in [0.15, 0.2) is 24.3 Å². The number of benzene rings is 1. The van der Waals surface area contributed by atoms with Gasteiger partial charge in [-0.3, -0.25) is 9.59 Å². The molecule has 6 nitrogen and oxygen atoms in total. The van der Waals surface area contributed by atoms with Crippen molar-refractivity contribution in [2.24, 2.45) is 5.92 Å². The molecule has 0 radical (unpaired) electrons. The van der Waals surface area contributed by atoms with Crippen molar-refractivity contribution in [2.45, 2.75) is 31.7 Å². The molecule has 1 unspecified atom stereocenters. The van der Waals surface area contributed by atoms with E-state index in [1.54, 1.807) is 0 Å². The molecule has 1 aromatic rings. The molecule has 0 bridgehead atoms. The van der Waals surface area contributed by atoms with Crippen LogP contribution in [0.2, 0.25) is 0 Å². The number of hydrogen-bond donors (Lipinski definition) is 2. The number of alkyl halides is 3. The number of nitrogens with one attached hydrogen (secondary N) is 1. The molecule has 1 aliphatic rings. The van der Waals surface area contributed by atoms with Crippen LogP contribution in [-0.2, 0) is 14.3 Å². The minimum Gasteiger partial charge on any atom is -0.481 e. The molecule has 0 aliphatic carbocycles. The molecule has 9 heteroatoms. The molecule has 2 rings (SSSR count). The Kier molecular flexibility index (Phi) is 6.24. The predicted octanol–water partition coefficient (Wildman–Crippen LogP) is 2.64. The van der Waals surface area contributed by atoms with Crippen LogP contribution in [0.25, 0.3) is 0 Å². The number of rotatable bonds is 6. The number of carboxylic acid groups (broad SMARTS) is 1. The Balaban J connectivity index is 2.08. The number of aliphatic carboxylic acids is 1. The molecule has 2 N–H and O–H groups in total. The van der Waals surface area contributed by atoms with E-state index in [4.69, 9.17) is 9.84 Å². The van der Waals surface area contributed by atoms with Gasteiger partial charge in [0.25, 0.3) is 0 Å². The Bertz CT molecular complexity index is 597. The van der Waals surface area contributed by atoms with Gasteiger partial charge in [0.1, 0.15) is 5.75 Å². The fourth-order valence-electron chi connectivity index (χ4n) is 2.58. The summed E-state index contributed by atoms with van der Waals surface area (Å²) in [4.78, 5) is 23.3. The zero-order valence-electron chi connectivity index (χ0n) is 13.2. The summed E-state index contributed by atoms with van der Waals surface area (Å²) in [5.74, 6) is -2.10. The summed E-state index contributed by atoms with van der Waals surface area (Å²) in [5, 5.41) is 11.7. The third-order valence-corrected chi connectivity index (χ3v) is 3.80. The van der Waals surface area contributed by atoms with Crippen LogP contribution < -0.4 is 10.1 Å². The predicted molar refractivity (Wildman–Crippen MR) is 79.8 cm³/mol. The van der Waals surface area contributed by atoms with Crippen LogP contribution in [0.4, 0.5) is 13.2 Å². The molecule has 1 fully saturated rings. The van der Waals surface area contributed by atoms with Gasteiger partial charge < -0.3 is 19.9 Å². The summed E-state index contributed by atoms with van der Waals surface area (Å²) < 4.78 is 45.5. The van der Waals surface area contributed by atoms with E-state index in [9.17, 15) is 22.8 Å². The number of carbonyl (C=O) groups excluding carboxylic acids is 1. The van der Waals surface area contributed by atoms with Crippen molar-refractivity contribution >= 4 is 11.9 Å². The molecular formula is C16H18F3NO5. The molecule has 1 aliphatic heterocycles. The van der Waals surface area contributed by atoms with Gasteiger partial charge in [-0.2, -0.15) is 0 Å². The second-order valence-electron chi connectivity index (χ2n) is 5.66. The number of hydrogen-bond acceptors (Lipinski definition) is 4. The van der Waals surface area contributed by atoms with E-state index in [0.29, 0.717) is 31.6 Å². The maximum atomic E-state index is 12.3. The Morgan fingerprint density at radius 3 is 2.36 bits per heavy atom. The van der Waals surface area contributed by atoms with E-state index in [1.807, 2.05) is 0 Å². The van der Waals surface area contributed by atoms with Crippen molar-refractivity contribution in [3.8, 4) is 5.75 Å². The van der Waals surface area contributed by atoms with Crippen molar-refractivity contribution in [2.75, 3.05) is 13.2 Å². The van der Waals surface area contributed by atoms with Crippen LogP contribution in [0.5, 0.6) is 5.75 Å². The maximum absolute atomic E-state index is 12.3. The van der Waals surface area contributed by atoms with Crippen molar-refractivity contribution in [1.29, 1.82) is 0 Å². The van der Waals surface area contributed by atoms with E-state index in [1.165, 1.54) is 12.1 Å². The number of ether oxygens (including phenoxy) is 2. The molecule has 1 saturated heterocycles. The summed E-state index contributed by atoms with van der Waals surface area (Å²) in [7, 11) is 0. The summed E-state index contributed by atoms with van der Waals surface area (Å²) in [6, 6.07) is 3.93. The Hall–Kier alpha value is -2.29. The van der Waals surface area contributed by atoms with Gasteiger partial charge in [-0.05, 0) is 30.5 Å². The normalized spacial score (nSPS) is 16.9. The average Bonchev–Trinajstić information content (AvgIpc) is 2.54. The molecule has 0 aromatic heterocycles. The fraction of sp³-hybridized carbons (Fsp3) is 0.500. The average molecular weight is 361 g/mol. The van der Waals surface area contributed by atoms with Gasteiger partial charge in [-0.25, -0.2) is 0 Å². The highest BCUT2D eigenvalue weighted by atomic mass is 19.4. The third-order valence-electron chi connectivity index (χ3n) is 3.80. The molecule has 138 valence electrons. The van der Waals surface area contributed by atoms with Crippen LogP contribution in [-0.4, -0.2) is 36.6 Å². The quantitative estimate of drug-likeness (QED) is 0.814. The van der Waals surface area contributed by atoms with E-state index in [0.717, 1.165) is 12.1 Å². The second kappa shape index (κ2) is 8.19. The lowest BCUT2D eigenvalue weighted by Crippen LogP contribution is -2.37. The first kappa shape index (κ1) is 19.0. The van der Waals surface area contributed by atoms with E-state index in [-0.39, 0.29) is 18.2 Å². The maximum Gasteiger partial charge on any atom is 0.573 e. The van der Waals surface area contributed by atoms with Crippen LogP contribution in [0, 0.1) is 5.92 Å². The summed E-state index contributed by atoms with van der Waals surface area (Å²) >= 11 is 0. The summed E-state index contributed by atoms with van der Waals surface area (Å²) in [6.45, 7) is 0.927. The van der Waals surface area contributed by atoms with E-state index >= 15 is 0 Å². The zero-order valence-corrected chi connectivity index (χ0v) is 13.2. The Morgan fingerprint density at radius 1 is 1.24 bits per heavy atom. The van der Waals surface area contributed by atoms with Crippen LogP contribution in [0.1, 0.15) is 30.9 Å². The van der Waals surface area contributed by atoms with Crippen LogP contribution >= 0.6 is 0 Å². The summed E-state index contributed by atoms with van der Waals surface area (Å²) in [6.07, 6.45) is -4.10. The molecule has 25 heavy (non-hydrogen) atoms. The summed E-state index contributed by atoms with van der Waals surface area (Å²) in [5.41, 5.74) is 0.386. The smallest absolute Gasteiger partial charge is 0.481 e. The number of carbonyl (C=O) groups is 2. The lowest BCUT2D eigenvalue weighted by molar-refractivity contribution is -0.274. The monoisotopic (exact) mass is 361 g/mol. The van der Waals surface area contributed by atoms with Gasteiger partial charge in [0, 0.05) is 19.1 Å². The topological polar surface area (TPSA) is 84.9 Å². The highest BCUT2D eigenvalue weighted by Gasteiger charge is 2.31. The second-order valence-corrected chi connectivity index (χ2v) is 5.66. The fourth-order valence-corrected chi connectivity index (χ4v) is 2.58. The van der Waals surface area contributed by atoms with Gasteiger partial charge in [0.2, 0.25) is 5.91 Å². The first-order valence-corrected chi connectivity index (χ1v) is 7.70. The highest BCUT2D eigenvalue weighted by molar-refractivity contribution is 5.80. The lowest BCUT2D eigenvalue weighted by Gasteiger charge is -2.25. The third kappa shape index (κ3) is 6.26. The van der Waals surface area contributed by atoms with Crippen molar-refractivity contribution < 1.29 is 37.3 Å². The number of halogens is 3. The largest absolute Gasteiger partial charge is 0.573 e. The van der Waals surface area contributed by atoms with Crippen molar-refractivity contribution in [3.63, 3.8) is 0 Å². The standard InChI is InChI=1S/C16H18F3NO5/c17-16(18,19)25-12-3-1-10(2-4-12)13(9-14(21)22)20-15(23)11-5-7-24-8-6-11/h1-4,11,13H,5-9H2,(H,20,23)(H,21,22). The lowest BCUT2D eigenvalue weighted by atomic mass is 9.97. The van der Waals surface area contributed by atoms with Gasteiger partial charge in [-0.15, -0.1) is 13.2 Å². The van der Waals surface area contributed by atoms with Crippen LogP contribution in [0.3, 0.4) is 0 Å². The van der Waals surface area contributed by atoms with E-state index < -0.39 is 24.1 Å². The highest BCUT2D eigenvalue weighted by Crippen LogP contribution is 2.26. The first-order chi connectivity index (χ1) is 11.7. The van der Waals surface area contributed by atoms with Crippen molar-refractivity contribution in [1.82, 2.24) is 5.32 Å². The SMILES string of the molecule is O=C(O)CC(NC(=O)C1CCOCC1)c1ccc(OC(F)(F)F)cc1. The molecule has 0 saturated carbocycles. The van der Waals surface area contributed by atoms with Gasteiger partial charge in [0.15, 0.2) is 0 Å². The molecule has 1 heterocycles.